The fourth-order valence-electron chi connectivity index (χ4n) is 1.56. The molecular weight excluding hydrogens is 240 g/mol. The molecule has 1 aliphatic heterocycles. The molecule has 0 radical (unpaired) electrons. The van der Waals surface area contributed by atoms with Crippen LogP contribution >= 0.6 is 0 Å². The molecule has 1 heterocycles. The van der Waals surface area contributed by atoms with E-state index in [9.17, 15) is 14.4 Å². The lowest BCUT2D eigenvalue weighted by Gasteiger charge is -2.15. The van der Waals surface area contributed by atoms with Crippen molar-refractivity contribution in [3.63, 3.8) is 0 Å². The second-order valence-electron chi connectivity index (χ2n) is 3.71. The number of urea groups is 1. The lowest BCUT2D eigenvalue weighted by atomic mass is 10.4. The minimum Gasteiger partial charge on any atom is -0.449 e. The fraction of sp³-hybridized carbons (Fsp3) is 0.700. The quantitative estimate of drug-likeness (QED) is 0.596. The molecule has 0 aliphatic carbocycles. The number of carbonyl (C=O) groups excluding carboxylic acids is 3. The Morgan fingerprint density at radius 3 is 2.78 bits per heavy atom. The number of rotatable bonds is 4. The van der Waals surface area contributed by atoms with E-state index in [4.69, 9.17) is 0 Å². The van der Waals surface area contributed by atoms with Gasteiger partial charge in [0.1, 0.15) is 0 Å². The van der Waals surface area contributed by atoms with E-state index in [2.05, 4.69) is 20.9 Å². The largest absolute Gasteiger partial charge is 0.449 e. The molecule has 0 aromatic rings. The van der Waals surface area contributed by atoms with Crippen molar-refractivity contribution < 1.29 is 19.1 Å². The topological polar surface area (TPSA) is 99.8 Å². The fourth-order valence-corrected chi connectivity index (χ4v) is 1.56. The first-order valence-corrected chi connectivity index (χ1v) is 5.88. The van der Waals surface area contributed by atoms with Gasteiger partial charge in [-0.25, -0.2) is 20.4 Å². The van der Waals surface area contributed by atoms with E-state index < -0.39 is 12.1 Å². The molecule has 18 heavy (non-hydrogen) atoms. The summed E-state index contributed by atoms with van der Waals surface area (Å²) in [6, 6.07) is -0.547. The number of hydrogen-bond donors (Lipinski definition) is 3. The molecule has 0 bridgehead atoms. The first-order chi connectivity index (χ1) is 8.63. The van der Waals surface area contributed by atoms with Crippen LogP contribution in [0.15, 0.2) is 0 Å². The van der Waals surface area contributed by atoms with Crippen molar-refractivity contribution in [1.82, 2.24) is 21.1 Å². The summed E-state index contributed by atoms with van der Waals surface area (Å²) in [7, 11) is 0. The summed E-state index contributed by atoms with van der Waals surface area (Å²) in [5.41, 5.74) is 4.19. The van der Waals surface area contributed by atoms with Crippen LogP contribution in [-0.2, 0) is 9.53 Å². The highest BCUT2D eigenvalue weighted by molar-refractivity contribution is 5.79. The minimum atomic E-state index is -0.720. The van der Waals surface area contributed by atoms with Gasteiger partial charge < -0.3 is 15.0 Å². The number of likely N-dealkylation sites (tertiary alicyclic amines) is 1. The van der Waals surface area contributed by atoms with Crippen LogP contribution in [0.3, 0.4) is 0 Å². The number of carbonyl (C=O) groups is 3. The molecule has 0 aromatic heterocycles. The Hall–Kier alpha value is -1.99. The molecule has 0 unspecified atom stereocenters. The monoisotopic (exact) mass is 258 g/mol. The van der Waals surface area contributed by atoms with Crippen molar-refractivity contribution in [1.29, 1.82) is 0 Å². The summed E-state index contributed by atoms with van der Waals surface area (Å²) in [6.07, 6.45) is 0.730. The van der Waals surface area contributed by atoms with E-state index >= 15 is 0 Å². The molecule has 1 aliphatic rings. The predicted molar refractivity (Wildman–Crippen MR) is 62.5 cm³/mol. The third-order valence-electron chi connectivity index (χ3n) is 2.39. The molecular formula is C10H18N4O4. The Kier molecular flexibility index (Phi) is 5.75. The van der Waals surface area contributed by atoms with Crippen LogP contribution in [0, 0.1) is 0 Å². The van der Waals surface area contributed by atoms with Gasteiger partial charge in [0.15, 0.2) is 0 Å². The normalized spacial score (nSPS) is 14.3. The molecule has 0 aromatic carbocycles. The molecule has 0 saturated carbocycles. The van der Waals surface area contributed by atoms with Gasteiger partial charge in [-0.15, -0.1) is 0 Å². The number of nitrogens with one attached hydrogen (secondary N) is 3. The van der Waals surface area contributed by atoms with Gasteiger partial charge in [0.2, 0.25) is 5.91 Å². The van der Waals surface area contributed by atoms with Crippen LogP contribution in [0.4, 0.5) is 9.59 Å². The van der Waals surface area contributed by atoms with Crippen molar-refractivity contribution in [2.45, 2.75) is 19.8 Å². The summed E-state index contributed by atoms with van der Waals surface area (Å²) in [5, 5.41) is 2.51. The van der Waals surface area contributed by atoms with Crippen molar-refractivity contribution in [3.05, 3.63) is 0 Å². The van der Waals surface area contributed by atoms with Crippen LogP contribution in [0.2, 0.25) is 0 Å². The molecule has 1 saturated heterocycles. The molecule has 0 atom stereocenters. The van der Waals surface area contributed by atoms with E-state index in [1.165, 1.54) is 0 Å². The summed E-state index contributed by atoms with van der Waals surface area (Å²) < 4.78 is 4.55. The SMILES string of the molecule is CCOC(=O)NNC(=O)NCCN1CCCC1=O. The molecule has 4 amide bonds. The smallest absolute Gasteiger partial charge is 0.426 e. The number of hydrogen-bond acceptors (Lipinski definition) is 4. The Morgan fingerprint density at radius 2 is 2.17 bits per heavy atom. The highest BCUT2D eigenvalue weighted by Gasteiger charge is 2.19. The van der Waals surface area contributed by atoms with Crippen molar-refractivity contribution >= 4 is 18.0 Å². The maximum atomic E-state index is 11.3. The van der Waals surface area contributed by atoms with Crippen molar-refractivity contribution in [2.24, 2.45) is 0 Å². The van der Waals surface area contributed by atoms with Crippen LogP contribution in [0.5, 0.6) is 0 Å². The molecule has 102 valence electrons. The van der Waals surface area contributed by atoms with Gasteiger partial charge in [-0.2, -0.15) is 0 Å². The van der Waals surface area contributed by atoms with Gasteiger partial charge >= 0.3 is 12.1 Å². The summed E-state index contributed by atoms with van der Waals surface area (Å²) in [6.45, 7) is 3.44. The lowest BCUT2D eigenvalue weighted by molar-refractivity contribution is -0.127. The highest BCUT2D eigenvalue weighted by Crippen LogP contribution is 2.07. The average Bonchev–Trinajstić information content (AvgIpc) is 2.73. The summed E-state index contributed by atoms with van der Waals surface area (Å²) in [5.74, 6) is 0.113. The van der Waals surface area contributed by atoms with Gasteiger partial charge in [-0.1, -0.05) is 0 Å². The molecule has 0 spiro atoms. The van der Waals surface area contributed by atoms with E-state index in [1.54, 1.807) is 11.8 Å². The third kappa shape index (κ3) is 4.89. The summed E-state index contributed by atoms with van der Waals surface area (Å²) in [4.78, 5) is 35.0. The summed E-state index contributed by atoms with van der Waals surface area (Å²) >= 11 is 0. The zero-order valence-corrected chi connectivity index (χ0v) is 10.3. The average molecular weight is 258 g/mol. The van der Waals surface area contributed by atoms with Crippen LogP contribution in [0.1, 0.15) is 19.8 Å². The van der Waals surface area contributed by atoms with Crippen LogP contribution in [-0.4, -0.2) is 49.2 Å². The predicted octanol–water partition coefficient (Wildman–Crippen LogP) is -0.431. The van der Waals surface area contributed by atoms with E-state index in [1.807, 2.05) is 0 Å². The first kappa shape index (κ1) is 14.1. The highest BCUT2D eigenvalue weighted by atomic mass is 16.6. The van der Waals surface area contributed by atoms with Gasteiger partial charge in [0.05, 0.1) is 6.61 Å². The molecule has 1 fully saturated rings. The van der Waals surface area contributed by atoms with Gasteiger partial charge in [-0.05, 0) is 13.3 Å². The first-order valence-electron chi connectivity index (χ1n) is 5.88. The van der Waals surface area contributed by atoms with E-state index in [0.717, 1.165) is 13.0 Å². The Bertz CT molecular complexity index is 321. The molecule has 8 heteroatoms. The van der Waals surface area contributed by atoms with E-state index in [-0.39, 0.29) is 12.5 Å². The minimum absolute atomic E-state index is 0.113. The Morgan fingerprint density at radius 1 is 1.39 bits per heavy atom. The van der Waals surface area contributed by atoms with Gasteiger partial charge in [0.25, 0.3) is 0 Å². The zero-order valence-electron chi connectivity index (χ0n) is 10.3. The van der Waals surface area contributed by atoms with Crippen molar-refractivity contribution in [2.75, 3.05) is 26.2 Å². The van der Waals surface area contributed by atoms with Gasteiger partial charge in [0, 0.05) is 26.1 Å². The van der Waals surface area contributed by atoms with Gasteiger partial charge in [-0.3, -0.25) is 4.79 Å². The molecule has 3 N–H and O–H groups in total. The van der Waals surface area contributed by atoms with E-state index in [0.29, 0.717) is 19.5 Å². The molecule has 1 rings (SSSR count). The number of amides is 4. The second-order valence-corrected chi connectivity index (χ2v) is 3.71. The third-order valence-corrected chi connectivity index (χ3v) is 2.39. The Labute approximate surface area is 105 Å². The maximum absolute atomic E-state index is 11.3. The maximum Gasteiger partial charge on any atom is 0.426 e. The van der Waals surface area contributed by atoms with Crippen LogP contribution < -0.4 is 16.2 Å². The van der Waals surface area contributed by atoms with Crippen molar-refractivity contribution in [3.8, 4) is 0 Å². The molecule has 8 nitrogen and oxygen atoms in total. The standard InChI is InChI=1S/C10H18N4O4/c1-2-18-10(17)13-12-9(16)11-5-7-14-6-3-4-8(14)15/h2-7H2,1H3,(H,13,17)(H2,11,12,16). The zero-order chi connectivity index (χ0) is 13.4. The second kappa shape index (κ2) is 7.36. The Balaban J connectivity index is 2.06. The number of nitrogens with zero attached hydrogens (tertiary/aromatic N) is 1. The lowest BCUT2D eigenvalue weighted by Crippen LogP contribution is -2.48. The number of ether oxygens (including phenoxy) is 1. The number of hydrazine groups is 1. The van der Waals surface area contributed by atoms with Crippen LogP contribution in [0.25, 0.3) is 0 Å².